The van der Waals surface area contributed by atoms with Crippen LogP contribution in [0.4, 0.5) is 0 Å². The number of phosphoric ester groups is 2. The van der Waals surface area contributed by atoms with Gasteiger partial charge in [-0.3, -0.25) is 32.5 Å². The predicted molar refractivity (Wildman–Crippen MR) is 417 cm³/mol. The van der Waals surface area contributed by atoms with Crippen LogP contribution in [0.5, 0.6) is 0 Å². The maximum absolute atomic E-state index is 12.9. The minimum absolute atomic E-state index is 0.0401. The van der Waals surface area contributed by atoms with Gasteiger partial charge in [0.15, 0.2) is 6.10 Å². The summed E-state index contributed by atoms with van der Waals surface area (Å²) >= 11 is 0. The van der Waals surface area contributed by atoms with Gasteiger partial charge in [-0.2, -0.15) is 0 Å². The Morgan fingerprint density at radius 1 is 0.287 bits per heavy atom. The summed E-state index contributed by atoms with van der Waals surface area (Å²) in [6.45, 7) is 2.34. The summed E-state index contributed by atoms with van der Waals surface area (Å²) in [4.78, 5) is 58.5. The van der Waals surface area contributed by atoms with Crippen molar-refractivity contribution in [1.82, 2.24) is 0 Å². The molecular formula is C83H138O16P2. The molecule has 0 saturated heterocycles. The van der Waals surface area contributed by atoms with Gasteiger partial charge < -0.3 is 34.2 Å². The number of rotatable bonds is 72. The van der Waals surface area contributed by atoms with Crippen molar-refractivity contribution in [3.63, 3.8) is 0 Å². The molecule has 0 aromatic carbocycles. The van der Waals surface area contributed by atoms with Crippen LogP contribution in [0.15, 0.2) is 158 Å². The lowest BCUT2D eigenvalue weighted by Crippen LogP contribution is -2.30. The normalized spacial score (nSPS) is 14.9. The van der Waals surface area contributed by atoms with Crippen molar-refractivity contribution in [2.75, 3.05) is 39.6 Å². The van der Waals surface area contributed by atoms with Crippen LogP contribution in [-0.2, 0) is 55.8 Å². The fraction of sp³-hybridized carbons (Fsp3) is 0.651. The topological polar surface area (TPSA) is 231 Å². The van der Waals surface area contributed by atoms with Crippen LogP contribution in [-0.4, -0.2) is 95.9 Å². The van der Waals surface area contributed by atoms with E-state index in [1.807, 2.05) is 18.2 Å². The smallest absolute Gasteiger partial charge is 0.463 e. The Kier molecular flexibility index (Phi) is 71.3. The number of aliphatic hydroxyl groups is 2. The number of hydrogen-bond acceptors (Lipinski definition) is 14. The molecule has 0 fully saturated rings. The summed E-state index contributed by atoms with van der Waals surface area (Å²) in [6.07, 6.45) is 93.1. The van der Waals surface area contributed by atoms with Crippen molar-refractivity contribution in [2.24, 2.45) is 0 Å². The summed E-state index contributed by atoms with van der Waals surface area (Å²) in [7, 11) is -9.82. The molecule has 5 unspecified atom stereocenters. The number of esters is 3. The lowest BCUT2D eigenvalue weighted by atomic mass is 10.0. The largest absolute Gasteiger partial charge is 0.472 e. The van der Waals surface area contributed by atoms with Gasteiger partial charge in [-0.05, 0) is 135 Å². The highest BCUT2D eigenvalue weighted by atomic mass is 31.2. The Hall–Kier alpha value is -4.83. The molecule has 0 bridgehead atoms. The van der Waals surface area contributed by atoms with Gasteiger partial charge in [-0.1, -0.05) is 294 Å². The third-order valence-corrected chi connectivity index (χ3v) is 17.6. The number of hydrogen-bond donors (Lipinski definition) is 4. The molecule has 0 rings (SSSR count). The summed E-state index contributed by atoms with van der Waals surface area (Å²) < 4.78 is 61.0. The van der Waals surface area contributed by atoms with Crippen LogP contribution in [0.1, 0.15) is 290 Å². The molecule has 0 aliphatic heterocycles. The van der Waals surface area contributed by atoms with Crippen molar-refractivity contribution < 1.29 is 75.8 Å². The number of unbranched alkanes of at least 4 members (excludes halogenated alkanes) is 23. The second-order valence-corrected chi connectivity index (χ2v) is 28.3. The molecule has 18 heteroatoms. The Bertz CT molecular complexity index is 2470. The highest BCUT2D eigenvalue weighted by Gasteiger charge is 2.29. The lowest BCUT2D eigenvalue weighted by Gasteiger charge is -2.21. The zero-order valence-corrected chi connectivity index (χ0v) is 64.6. The van der Waals surface area contributed by atoms with E-state index >= 15 is 0 Å². The number of carbonyl (C=O) groups is 3. The fourth-order valence-electron chi connectivity index (χ4n) is 9.89. The third-order valence-electron chi connectivity index (χ3n) is 15.7. The minimum atomic E-state index is -4.95. The van der Waals surface area contributed by atoms with Crippen LogP contribution >= 0.6 is 15.6 Å². The number of carbonyl (C=O) groups excluding carboxylic acids is 3. The van der Waals surface area contributed by atoms with E-state index in [0.717, 1.165) is 135 Å². The number of phosphoric acid groups is 2. The van der Waals surface area contributed by atoms with Gasteiger partial charge >= 0.3 is 33.6 Å². The molecule has 576 valence electrons. The predicted octanol–water partition coefficient (Wildman–Crippen LogP) is 22.6. The van der Waals surface area contributed by atoms with E-state index in [1.54, 1.807) is 0 Å². The van der Waals surface area contributed by atoms with Gasteiger partial charge in [0.25, 0.3) is 0 Å². The van der Waals surface area contributed by atoms with Crippen molar-refractivity contribution in [3.05, 3.63) is 158 Å². The number of ether oxygens (including phenoxy) is 3. The van der Waals surface area contributed by atoms with E-state index in [9.17, 15) is 43.5 Å². The zero-order chi connectivity index (χ0) is 73.7. The first-order valence-electron chi connectivity index (χ1n) is 38.8. The molecule has 0 radical (unpaired) electrons. The standard InChI is InChI=1S/C83H138O16P2/c1-4-7-10-13-16-19-22-25-28-30-32-33-34-35-36-37-38-39-40-41-42-43-45-47-49-51-54-57-60-63-66-69-81(86)93-72-78(84)73-95-100(89,90)96-74-79(85)75-97-101(91,92)98-77-80(99-83(88)71-68-65-62-59-56-53-48-27-24-21-18-15-12-9-6-3)76-94-82(87)70-67-64-61-58-55-52-50-46-44-31-29-26-23-20-17-14-11-8-5-2/h7-8,10-11,16-17,19-20,25-29,32-33,35-36,38-39,44,46,48,52,55,61,64,78-80,84-85H,4-6,9,12-15,18,21-24,30-31,34,37,40-43,45,47,49-51,53-54,56-60,62-63,65-77H2,1-3H3,(H,89,90)(H,91,92)/b10-7-,11-8-,19-16-,20-17-,28-25-,29-26-,33-32-,36-35-,39-38-,46-44-,48-27-,55-52-,64-61-. The maximum Gasteiger partial charge on any atom is 0.472 e. The van der Waals surface area contributed by atoms with E-state index < -0.39 is 91.5 Å². The van der Waals surface area contributed by atoms with Crippen molar-refractivity contribution in [2.45, 2.75) is 309 Å². The maximum atomic E-state index is 12.9. The molecule has 0 aromatic rings. The molecule has 16 nitrogen and oxygen atoms in total. The first kappa shape index (κ1) is 96.2. The second-order valence-electron chi connectivity index (χ2n) is 25.4. The number of aliphatic hydroxyl groups excluding tert-OH is 2. The van der Waals surface area contributed by atoms with Gasteiger partial charge in [0, 0.05) is 19.3 Å². The zero-order valence-electron chi connectivity index (χ0n) is 62.8. The summed E-state index contributed by atoms with van der Waals surface area (Å²) in [6, 6.07) is 0. The quantitative estimate of drug-likeness (QED) is 0.0146. The van der Waals surface area contributed by atoms with Gasteiger partial charge in [-0.25, -0.2) is 9.13 Å². The highest BCUT2D eigenvalue weighted by molar-refractivity contribution is 7.47. The molecule has 0 heterocycles. The van der Waals surface area contributed by atoms with Crippen molar-refractivity contribution in [1.29, 1.82) is 0 Å². The summed E-state index contributed by atoms with van der Waals surface area (Å²) in [5, 5.41) is 20.6. The molecule has 0 spiro atoms. The van der Waals surface area contributed by atoms with Crippen LogP contribution in [0.25, 0.3) is 0 Å². The van der Waals surface area contributed by atoms with Crippen molar-refractivity contribution in [3.8, 4) is 0 Å². The minimum Gasteiger partial charge on any atom is -0.463 e. The fourth-order valence-corrected chi connectivity index (χ4v) is 11.5. The Morgan fingerprint density at radius 2 is 0.545 bits per heavy atom. The molecule has 0 aliphatic carbocycles. The average molecular weight is 1450 g/mol. The summed E-state index contributed by atoms with van der Waals surface area (Å²) in [5.41, 5.74) is 0. The van der Waals surface area contributed by atoms with E-state index in [-0.39, 0.29) is 19.3 Å². The molecule has 5 atom stereocenters. The summed E-state index contributed by atoms with van der Waals surface area (Å²) in [5.74, 6) is -1.69. The molecule has 4 N–H and O–H groups in total. The molecule has 0 saturated carbocycles. The molecule has 101 heavy (non-hydrogen) atoms. The van der Waals surface area contributed by atoms with E-state index in [4.69, 9.17) is 32.3 Å². The Balaban J connectivity index is 4.55. The van der Waals surface area contributed by atoms with E-state index in [0.29, 0.717) is 25.7 Å². The van der Waals surface area contributed by atoms with E-state index in [2.05, 4.69) is 161 Å². The SMILES string of the molecule is CC/C=C\C/C=C\C/C=C\C/C=C\C/C=C\C/C=C\CCCCCCCCCCCCCCC(=O)OCC(O)COP(=O)(O)OCC(O)COP(=O)(O)OCC(COC(=O)CC/C=C\C/C=C\C/C=C\C/C=C\C/C=C\C/C=C\CC)OC(=O)CCCCCCC/C=C\CCCCCCCC. The Morgan fingerprint density at radius 3 is 0.901 bits per heavy atom. The van der Waals surface area contributed by atoms with E-state index in [1.165, 1.54) is 89.9 Å². The van der Waals surface area contributed by atoms with Gasteiger partial charge in [0.1, 0.15) is 25.4 Å². The highest BCUT2D eigenvalue weighted by Crippen LogP contribution is 2.45. The van der Waals surface area contributed by atoms with Crippen LogP contribution in [0.3, 0.4) is 0 Å². The van der Waals surface area contributed by atoms with Gasteiger partial charge in [-0.15, -0.1) is 0 Å². The second kappa shape index (κ2) is 74.9. The van der Waals surface area contributed by atoms with Crippen LogP contribution in [0, 0.1) is 0 Å². The first-order chi connectivity index (χ1) is 49.2. The first-order valence-corrected chi connectivity index (χ1v) is 41.8. The monoisotopic (exact) mass is 1450 g/mol. The molecule has 0 amide bonds. The van der Waals surface area contributed by atoms with Gasteiger partial charge in [0.05, 0.1) is 26.4 Å². The van der Waals surface area contributed by atoms with Gasteiger partial charge in [0.2, 0.25) is 0 Å². The molecule has 0 aromatic heterocycles. The lowest BCUT2D eigenvalue weighted by molar-refractivity contribution is -0.161. The molecule has 0 aliphatic rings. The average Bonchev–Trinajstić information content (AvgIpc) is 0.980. The third kappa shape index (κ3) is 76.1. The van der Waals surface area contributed by atoms with Crippen LogP contribution in [0.2, 0.25) is 0 Å². The number of allylic oxidation sites excluding steroid dienone is 26. The van der Waals surface area contributed by atoms with Crippen LogP contribution < -0.4 is 0 Å². The van der Waals surface area contributed by atoms with Crippen molar-refractivity contribution >= 4 is 33.6 Å². The molecular weight excluding hydrogens is 1310 g/mol. The Labute approximate surface area is 612 Å².